The van der Waals surface area contributed by atoms with Gasteiger partial charge in [-0.05, 0) is 25.1 Å². The summed E-state index contributed by atoms with van der Waals surface area (Å²) in [6.07, 6.45) is 0. The topological polar surface area (TPSA) is 90.0 Å². The zero-order chi connectivity index (χ0) is 14.2. The van der Waals surface area contributed by atoms with Crippen LogP contribution in [-0.2, 0) is 17.1 Å². The number of hydrogen-bond acceptors (Lipinski definition) is 4. The number of nitrogens with two attached hydrogens (primary N) is 1. The Morgan fingerprint density at radius 1 is 1.42 bits per heavy atom. The summed E-state index contributed by atoms with van der Waals surface area (Å²) in [6.45, 7) is 1.66. The van der Waals surface area contributed by atoms with Crippen molar-refractivity contribution in [1.29, 1.82) is 0 Å². The average Bonchev–Trinajstić information content (AvgIpc) is 2.56. The molecule has 0 unspecified atom stereocenters. The van der Waals surface area contributed by atoms with Crippen molar-refractivity contribution in [1.82, 2.24) is 9.78 Å². The van der Waals surface area contributed by atoms with Crippen LogP contribution in [0.1, 0.15) is 5.69 Å². The first-order chi connectivity index (χ1) is 8.81. The third-order valence-corrected chi connectivity index (χ3v) is 3.94. The molecule has 0 amide bonds. The molecule has 8 heteroatoms. The van der Waals surface area contributed by atoms with Gasteiger partial charge in [0.2, 0.25) is 0 Å². The largest absolute Gasteiger partial charge is 0.394 e. The molecule has 2 aromatic rings. The summed E-state index contributed by atoms with van der Waals surface area (Å²) in [5.74, 6) is -0.473. The van der Waals surface area contributed by atoms with E-state index in [0.717, 1.165) is 6.07 Å². The molecule has 0 radical (unpaired) electrons. The van der Waals surface area contributed by atoms with Crippen LogP contribution in [0.5, 0.6) is 0 Å². The van der Waals surface area contributed by atoms with Gasteiger partial charge in [0.25, 0.3) is 10.0 Å². The number of aryl methyl sites for hydroxylation is 2. The fraction of sp³-hybridized carbons (Fsp3) is 0.182. The molecule has 0 spiro atoms. The molecule has 0 aliphatic rings. The van der Waals surface area contributed by atoms with Gasteiger partial charge in [-0.1, -0.05) is 6.07 Å². The van der Waals surface area contributed by atoms with Crippen molar-refractivity contribution < 1.29 is 12.8 Å². The average molecular weight is 284 g/mol. The van der Waals surface area contributed by atoms with Crippen molar-refractivity contribution in [3.8, 4) is 0 Å². The molecular weight excluding hydrogens is 271 g/mol. The number of rotatable bonds is 3. The number of benzene rings is 1. The molecule has 1 heterocycles. The first-order valence-corrected chi connectivity index (χ1v) is 6.87. The fourth-order valence-electron chi connectivity index (χ4n) is 1.62. The summed E-state index contributed by atoms with van der Waals surface area (Å²) >= 11 is 0. The molecule has 3 N–H and O–H groups in total. The zero-order valence-electron chi connectivity index (χ0n) is 10.4. The van der Waals surface area contributed by atoms with Gasteiger partial charge < -0.3 is 5.73 Å². The second kappa shape index (κ2) is 4.54. The minimum Gasteiger partial charge on any atom is -0.394 e. The van der Waals surface area contributed by atoms with Crippen molar-refractivity contribution in [2.45, 2.75) is 11.8 Å². The van der Waals surface area contributed by atoms with Gasteiger partial charge >= 0.3 is 0 Å². The van der Waals surface area contributed by atoms with Crippen LogP contribution < -0.4 is 10.5 Å². The third-order valence-electron chi connectivity index (χ3n) is 2.61. The van der Waals surface area contributed by atoms with Crippen molar-refractivity contribution in [3.63, 3.8) is 0 Å². The van der Waals surface area contributed by atoms with Crippen molar-refractivity contribution in [2.24, 2.45) is 7.05 Å². The minimum absolute atomic E-state index is 0.154. The third kappa shape index (κ3) is 2.53. The highest BCUT2D eigenvalue weighted by atomic mass is 32.2. The second-order valence-corrected chi connectivity index (χ2v) is 5.72. The standard InChI is InChI=1S/C11H13FN4O2S/c1-7-10(13)11(16(2)14-7)15-19(17,18)9-5-3-4-8(12)6-9/h3-6,15H,13H2,1-2H3. The van der Waals surface area contributed by atoms with E-state index in [-0.39, 0.29) is 16.4 Å². The zero-order valence-corrected chi connectivity index (χ0v) is 11.2. The Morgan fingerprint density at radius 2 is 2.11 bits per heavy atom. The fourth-order valence-corrected chi connectivity index (χ4v) is 2.76. The Kier molecular flexibility index (Phi) is 3.19. The highest BCUT2D eigenvalue weighted by Crippen LogP contribution is 2.24. The molecule has 0 saturated heterocycles. The molecule has 6 nitrogen and oxygen atoms in total. The maximum absolute atomic E-state index is 13.1. The smallest absolute Gasteiger partial charge is 0.263 e. The molecular formula is C11H13FN4O2S. The Morgan fingerprint density at radius 3 is 2.63 bits per heavy atom. The number of sulfonamides is 1. The van der Waals surface area contributed by atoms with Crippen LogP contribution in [0.2, 0.25) is 0 Å². The summed E-state index contributed by atoms with van der Waals surface area (Å²) < 4.78 is 40.9. The SMILES string of the molecule is Cc1nn(C)c(NS(=O)(=O)c2cccc(F)c2)c1N. The van der Waals surface area contributed by atoms with E-state index in [2.05, 4.69) is 9.82 Å². The van der Waals surface area contributed by atoms with Crippen LogP contribution in [0.4, 0.5) is 15.9 Å². The Hall–Kier alpha value is -2.09. The Balaban J connectivity index is 2.42. The first-order valence-electron chi connectivity index (χ1n) is 5.39. The number of hydrogen-bond donors (Lipinski definition) is 2. The molecule has 0 saturated carbocycles. The van der Waals surface area contributed by atoms with Gasteiger partial charge in [0.15, 0.2) is 5.82 Å². The van der Waals surface area contributed by atoms with Gasteiger partial charge in [0, 0.05) is 7.05 Å². The van der Waals surface area contributed by atoms with Gasteiger partial charge in [-0.25, -0.2) is 17.5 Å². The lowest BCUT2D eigenvalue weighted by Gasteiger charge is -2.09. The lowest BCUT2D eigenvalue weighted by atomic mass is 10.4. The van der Waals surface area contributed by atoms with Gasteiger partial charge in [-0.3, -0.25) is 4.72 Å². The van der Waals surface area contributed by atoms with Crippen LogP contribution >= 0.6 is 0 Å². The van der Waals surface area contributed by atoms with E-state index < -0.39 is 15.8 Å². The Bertz CT molecular complexity index is 724. The first kappa shape index (κ1) is 13.3. The quantitative estimate of drug-likeness (QED) is 0.887. The van der Waals surface area contributed by atoms with Crippen LogP contribution in [-0.4, -0.2) is 18.2 Å². The Labute approximate surface area is 110 Å². The summed E-state index contributed by atoms with van der Waals surface area (Å²) in [4.78, 5) is -0.175. The molecule has 2 rings (SSSR count). The number of nitrogens with one attached hydrogen (secondary N) is 1. The number of halogens is 1. The van der Waals surface area contributed by atoms with E-state index >= 15 is 0 Å². The monoisotopic (exact) mass is 284 g/mol. The predicted molar refractivity (Wildman–Crippen MR) is 69.6 cm³/mol. The van der Waals surface area contributed by atoms with Crippen LogP contribution in [0, 0.1) is 12.7 Å². The molecule has 0 aliphatic heterocycles. The second-order valence-electron chi connectivity index (χ2n) is 4.03. The van der Waals surface area contributed by atoms with Crippen molar-refractivity contribution in [3.05, 3.63) is 35.8 Å². The van der Waals surface area contributed by atoms with Crippen molar-refractivity contribution in [2.75, 3.05) is 10.5 Å². The molecule has 1 aromatic heterocycles. The van der Waals surface area contributed by atoms with E-state index in [1.165, 1.54) is 22.9 Å². The van der Waals surface area contributed by atoms with Crippen LogP contribution in [0.15, 0.2) is 29.2 Å². The van der Waals surface area contributed by atoms with E-state index in [4.69, 9.17) is 5.73 Å². The summed E-state index contributed by atoms with van der Waals surface area (Å²) in [6, 6.07) is 4.72. The molecule has 102 valence electrons. The highest BCUT2D eigenvalue weighted by Gasteiger charge is 2.19. The molecule has 0 aliphatic carbocycles. The van der Waals surface area contributed by atoms with Gasteiger partial charge in [0.1, 0.15) is 5.82 Å². The van der Waals surface area contributed by atoms with Crippen LogP contribution in [0.3, 0.4) is 0 Å². The van der Waals surface area contributed by atoms with Crippen molar-refractivity contribution >= 4 is 21.5 Å². The number of aromatic nitrogens is 2. The lowest BCUT2D eigenvalue weighted by molar-refractivity contribution is 0.594. The van der Waals surface area contributed by atoms with E-state index in [1.54, 1.807) is 14.0 Å². The molecule has 0 fully saturated rings. The van der Waals surface area contributed by atoms with Crippen LogP contribution in [0.25, 0.3) is 0 Å². The summed E-state index contributed by atoms with van der Waals surface area (Å²) in [5, 5.41) is 4.00. The maximum atomic E-state index is 13.1. The van der Waals surface area contributed by atoms with E-state index in [9.17, 15) is 12.8 Å². The molecule has 19 heavy (non-hydrogen) atoms. The maximum Gasteiger partial charge on any atom is 0.263 e. The normalized spacial score (nSPS) is 11.5. The number of anilines is 2. The van der Waals surface area contributed by atoms with Gasteiger partial charge in [0.05, 0.1) is 16.3 Å². The van der Waals surface area contributed by atoms with E-state index in [0.29, 0.717) is 5.69 Å². The molecule has 1 aromatic carbocycles. The number of nitrogen functional groups attached to an aromatic ring is 1. The number of nitrogens with zero attached hydrogens (tertiary/aromatic N) is 2. The molecule has 0 atom stereocenters. The lowest BCUT2D eigenvalue weighted by Crippen LogP contribution is -2.16. The summed E-state index contributed by atoms with van der Waals surface area (Å²) in [5.41, 5.74) is 6.49. The molecule has 0 bridgehead atoms. The van der Waals surface area contributed by atoms with Gasteiger partial charge in [-0.2, -0.15) is 5.10 Å². The van der Waals surface area contributed by atoms with E-state index in [1.807, 2.05) is 0 Å². The summed E-state index contributed by atoms with van der Waals surface area (Å²) in [7, 11) is -2.34. The highest BCUT2D eigenvalue weighted by molar-refractivity contribution is 7.92. The van der Waals surface area contributed by atoms with Gasteiger partial charge in [-0.15, -0.1) is 0 Å². The predicted octanol–water partition coefficient (Wildman–Crippen LogP) is 1.25. The minimum atomic E-state index is -3.90.